The summed E-state index contributed by atoms with van der Waals surface area (Å²) in [4.78, 5) is 16.6. The van der Waals surface area contributed by atoms with E-state index < -0.39 is 12.5 Å². The molecule has 0 aliphatic carbocycles. The van der Waals surface area contributed by atoms with E-state index in [0.29, 0.717) is 27.9 Å². The molecule has 30 heavy (non-hydrogen) atoms. The molecule has 0 fully saturated rings. The van der Waals surface area contributed by atoms with Crippen LogP contribution in [0.15, 0.2) is 53.9 Å². The number of anilines is 1. The van der Waals surface area contributed by atoms with Crippen LogP contribution in [0.1, 0.15) is 5.56 Å². The number of aromatic nitrogens is 1. The van der Waals surface area contributed by atoms with Gasteiger partial charge in [-0.1, -0.05) is 18.2 Å². The number of halogens is 2. The van der Waals surface area contributed by atoms with E-state index in [-0.39, 0.29) is 5.75 Å². The van der Waals surface area contributed by atoms with Crippen LogP contribution < -0.4 is 19.5 Å². The molecule has 1 aromatic heterocycles. The Kier molecular flexibility index (Phi) is 6.97. The summed E-state index contributed by atoms with van der Waals surface area (Å²) in [6.45, 7) is -2.95. The SMILES string of the molecule is COc1ccc(OC)c(-c2csc(NC(=O)/C=C/c3ccccc3OC(F)F)n2)c1. The summed E-state index contributed by atoms with van der Waals surface area (Å²) < 4.78 is 40.0. The largest absolute Gasteiger partial charge is 0.497 e. The van der Waals surface area contributed by atoms with Gasteiger partial charge in [-0.15, -0.1) is 11.3 Å². The van der Waals surface area contributed by atoms with Crippen molar-refractivity contribution in [1.82, 2.24) is 4.98 Å². The Hall–Kier alpha value is -3.46. The Bertz CT molecular complexity index is 1050. The van der Waals surface area contributed by atoms with E-state index in [1.807, 2.05) is 0 Å². The van der Waals surface area contributed by atoms with Crippen LogP contribution in [0.3, 0.4) is 0 Å². The summed E-state index contributed by atoms with van der Waals surface area (Å²) in [5, 5.41) is 4.81. The van der Waals surface area contributed by atoms with Crippen LogP contribution in [0.25, 0.3) is 17.3 Å². The molecule has 1 heterocycles. The van der Waals surface area contributed by atoms with Crippen LogP contribution in [-0.4, -0.2) is 31.7 Å². The van der Waals surface area contributed by atoms with E-state index in [1.54, 1.807) is 56.0 Å². The lowest BCUT2D eigenvalue weighted by molar-refractivity contribution is -0.111. The van der Waals surface area contributed by atoms with Gasteiger partial charge in [-0.2, -0.15) is 8.78 Å². The molecule has 6 nitrogen and oxygen atoms in total. The first-order valence-electron chi connectivity index (χ1n) is 8.71. The highest BCUT2D eigenvalue weighted by Crippen LogP contribution is 2.35. The lowest BCUT2D eigenvalue weighted by atomic mass is 10.1. The van der Waals surface area contributed by atoms with Crippen molar-refractivity contribution in [3.8, 4) is 28.5 Å². The molecule has 0 saturated carbocycles. The maximum atomic E-state index is 12.5. The van der Waals surface area contributed by atoms with E-state index in [2.05, 4.69) is 15.0 Å². The number of nitrogens with zero attached hydrogens (tertiary/aromatic N) is 1. The summed E-state index contributed by atoms with van der Waals surface area (Å²) in [7, 11) is 3.12. The Morgan fingerprint density at radius 1 is 1.13 bits per heavy atom. The lowest BCUT2D eigenvalue weighted by Gasteiger charge is -2.08. The Balaban J connectivity index is 1.73. The maximum absolute atomic E-state index is 12.5. The third kappa shape index (κ3) is 5.32. The van der Waals surface area contributed by atoms with Gasteiger partial charge in [-0.25, -0.2) is 4.98 Å². The fraction of sp³-hybridized carbons (Fsp3) is 0.143. The summed E-state index contributed by atoms with van der Waals surface area (Å²) in [5.74, 6) is 0.796. The Labute approximate surface area is 175 Å². The first kappa shape index (κ1) is 21.3. The van der Waals surface area contributed by atoms with Crippen LogP contribution in [0.5, 0.6) is 17.2 Å². The van der Waals surface area contributed by atoms with Gasteiger partial charge in [0.05, 0.1) is 19.9 Å². The minimum atomic E-state index is -2.95. The van der Waals surface area contributed by atoms with Gasteiger partial charge in [0, 0.05) is 22.6 Å². The van der Waals surface area contributed by atoms with Crippen molar-refractivity contribution in [2.75, 3.05) is 19.5 Å². The van der Waals surface area contributed by atoms with Gasteiger partial charge < -0.3 is 14.2 Å². The van der Waals surface area contributed by atoms with Crippen molar-refractivity contribution in [3.63, 3.8) is 0 Å². The predicted octanol–water partition coefficient (Wildman–Crippen LogP) is 5.08. The van der Waals surface area contributed by atoms with Crippen LogP contribution >= 0.6 is 11.3 Å². The van der Waals surface area contributed by atoms with Crippen LogP contribution in [-0.2, 0) is 4.79 Å². The number of benzene rings is 2. The summed E-state index contributed by atoms with van der Waals surface area (Å²) in [6, 6.07) is 11.5. The van der Waals surface area contributed by atoms with Crippen molar-refractivity contribution in [1.29, 1.82) is 0 Å². The monoisotopic (exact) mass is 432 g/mol. The van der Waals surface area contributed by atoms with E-state index >= 15 is 0 Å². The van der Waals surface area contributed by atoms with Crippen LogP contribution in [0, 0.1) is 0 Å². The smallest absolute Gasteiger partial charge is 0.387 e. The molecule has 1 N–H and O–H groups in total. The lowest BCUT2D eigenvalue weighted by Crippen LogP contribution is -2.07. The molecule has 0 unspecified atom stereocenters. The number of hydrogen-bond donors (Lipinski definition) is 1. The second kappa shape index (κ2) is 9.84. The molecular formula is C21H18F2N2O4S. The fourth-order valence-electron chi connectivity index (χ4n) is 2.60. The second-order valence-electron chi connectivity index (χ2n) is 5.84. The van der Waals surface area contributed by atoms with Gasteiger partial charge in [0.25, 0.3) is 0 Å². The quantitative estimate of drug-likeness (QED) is 0.503. The molecule has 0 atom stereocenters. The zero-order valence-corrected chi connectivity index (χ0v) is 16.9. The van der Waals surface area contributed by atoms with E-state index in [4.69, 9.17) is 9.47 Å². The van der Waals surface area contributed by atoms with E-state index in [9.17, 15) is 13.6 Å². The number of amides is 1. The third-order valence-electron chi connectivity index (χ3n) is 3.97. The molecule has 3 rings (SSSR count). The summed E-state index contributed by atoms with van der Waals surface area (Å²) in [5.41, 5.74) is 1.70. The standard InChI is InChI=1S/C21H18F2N2O4S/c1-27-14-8-9-18(28-2)15(11-14)16-12-30-21(24-16)25-19(26)10-7-13-5-3-4-6-17(13)29-20(22)23/h3-12,20H,1-2H3,(H,24,25,26)/b10-7+. The molecule has 0 spiro atoms. The number of thiazole rings is 1. The summed E-state index contributed by atoms with van der Waals surface area (Å²) >= 11 is 1.24. The third-order valence-corrected chi connectivity index (χ3v) is 4.72. The highest BCUT2D eigenvalue weighted by molar-refractivity contribution is 7.14. The average Bonchev–Trinajstić information content (AvgIpc) is 3.20. The normalized spacial score (nSPS) is 11.0. The predicted molar refractivity (Wildman–Crippen MR) is 111 cm³/mol. The van der Waals surface area contributed by atoms with E-state index in [1.165, 1.54) is 29.6 Å². The number of carbonyl (C=O) groups is 1. The minimum Gasteiger partial charge on any atom is -0.497 e. The molecule has 0 saturated heterocycles. The Morgan fingerprint density at radius 2 is 1.93 bits per heavy atom. The number of nitrogens with one attached hydrogen (secondary N) is 1. The molecule has 9 heteroatoms. The molecule has 0 radical (unpaired) electrons. The first-order valence-corrected chi connectivity index (χ1v) is 9.59. The van der Waals surface area contributed by atoms with Gasteiger partial charge >= 0.3 is 6.61 Å². The molecule has 3 aromatic rings. The highest BCUT2D eigenvalue weighted by Gasteiger charge is 2.13. The van der Waals surface area contributed by atoms with E-state index in [0.717, 1.165) is 5.56 Å². The first-order chi connectivity index (χ1) is 14.5. The van der Waals surface area contributed by atoms with Crippen molar-refractivity contribution in [3.05, 3.63) is 59.5 Å². The number of alkyl halides is 2. The minimum absolute atomic E-state index is 0.0156. The van der Waals surface area contributed by atoms with Gasteiger partial charge in [0.15, 0.2) is 5.13 Å². The maximum Gasteiger partial charge on any atom is 0.387 e. The number of ether oxygens (including phenoxy) is 3. The zero-order valence-electron chi connectivity index (χ0n) is 16.1. The number of carbonyl (C=O) groups excluding carboxylic acids is 1. The highest BCUT2D eigenvalue weighted by atomic mass is 32.1. The van der Waals surface area contributed by atoms with Gasteiger partial charge in [-0.3, -0.25) is 10.1 Å². The number of para-hydroxylation sites is 1. The molecule has 156 valence electrons. The number of rotatable bonds is 8. The number of hydrogen-bond acceptors (Lipinski definition) is 6. The topological polar surface area (TPSA) is 69.7 Å². The zero-order chi connectivity index (χ0) is 21.5. The Morgan fingerprint density at radius 3 is 2.67 bits per heavy atom. The molecule has 1 amide bonds. The van der Waals surface area contributed by atoms with Crippen molar-refractivity contribution in [2.24, 2.45) is 0 Å². The van der Waals surface area contributed by atoms with Gasteiger partial charge in [0.2, 0.25) is 5.91 Å². The van der Waals surface area contributed by atoms with Crippen LogP contribution in [0.2, 0.25) is 0 Å². The van der Waals surface area contributed by atoms with Crippen molar-refractivity contribution >= 4 is 28.5 Å². The second-order valence-corrected chi connectivity index (χ2v) is 6.70. The fourth-order valence-corrected chi connectivity index (χ4v) is 3.32. The average molecular weight is 432 g/mol. The molecule has 0 aliphatic rings. The van der Waals surface area contributed by atoms with Gasteiger partial charge in [0.1, 0.15) is 17.2 Å². The van der Waals surface area contributed by atoms with Crippen molar-refractivity contribution < 1.29 is 27.8 Å². The van der Waals surface area contributed by atoms with Crippen molar-refractivity contribution in [2.45, 2.75) is 6.61 Å². The molecule has 2 aromatic carbocycles. The number of methoxy groups -OCH3 is 2. The van der Waals surface area contributed by atoms with Crippen LogP contribution in [0.4, 0.5) is 13.9 Å². The molecule has 0 aliphatic heterocycles. The van der Waals surface area contributed by atoms with Gasteiger partial charge in [-0.05, 0) is 30.3 Å². The summed E-state index contributed by atoms with van der Waals surface area (Å²) in [6.07, 6.45) is 2.62. The molecular weight excluding hydrogens is 414 g/mol. The molecule has 0 bridgehead atoms.